The van der Waals surface area contributed by atoms with E-state index < -0.39 is 0 Å². The lowest BCUT2D eigenvalue weighted by atomic mass is 10.1. The Hall–Kier alpha value is -0.190. The summed E-state index contributed by atoms with van der Waals surface area (Å²) in [4.78, 5) is 2.07. The fourth-order valence-electron chi connectivity index (χ4n) is 1.83. The maximum absolute atomic E-state index is 12.1. The van der Waals surface area contributed by atoms with E-state index in [9.17, 15) is 4.39 Å². The molecule has 1 rings (SSSR count). The summed E-state index contributed by atoms with van der Waals surface area (Å²) in [5.74, 6) is 0. The number of hydrogen-bond acceptors (Lipinski definition) is 3. The maximum Gasteiger partial charge on any atom is 0.102 e. The molecule has 1 atom stereocenters. The third-order valence-corrected chi connectivity index (χ3v) is 2.22. The number of morpholine rings is 1. The molecule has 0 aromatic rings. The zero-order valence-electron chi connectivity index (χ0n) is 8.42. The quantitative estimate of drug-likeness (QED) is 0.700. The Balaban J connectivity index is 2.49. The number of ether oxygens (including phenoxy) is 1. The smallest absolute Gasteiger partial charge is 0.102 e. The Morgan fingerprint density at radius 1 is 1.62 bits per heavy atom. The van der Waals surface area contributed by atoms with Crippen molar-refractivity contribution in [3.05, 3.63) is 0 Å². The molecule has 1 unspecified atom stereocenters. The highest BCUT2D eigenvalue weighted by Crippen LogP contribution is 2.20. The Morgan fingerprint density at radius 3 is 2.85 bits per heavy atom. The number of nitrogens with zero attached hydrogens (tertiary/aromatic N) is 1. The first-order valence-electron chi connectivity index (χ1n) is 4.73. The van der Waals surface area contributed by atoms with E-state index in [-0.39, 0.29) is 18.4 Å². The summed E-state index contributed by atoms with van der Waals surface area (Å²) in [6, 6.07) is 0. The molecule has 0 aliphatic carbocycles. The molecule has 0 aromatic carbocycles. The van der Waals surface area contributed by atoms with E-state index in [2.05, 4.69) is 4.90 Å². The molecule has 1 saturated heterocycles. The molecule has 78 valence electrons. The van der Waals surface area contributed by atoms with E-state index in [1.165, 1.54) is 0 Å². The minimum Gasteiger partial charge on any atom is -0.368 e. The molecule has 1 fully saturated rings. The average Bonchev–Trinajstić information content (AvgIpc) is 2.02. The fraction of sp³-hybridized carbons (Fsp3) is 1.00. The van der Waals surface area contributed by atoms with Crippen LogP contribution in [0.1, 0.15) is 13.8 Å². The number of hydrogen-bond donors (Lipinski definition) is 1. The van der Waals surface area contributed by atoms with E-state index in [1.54, 1.807) is 0 Å². The third kappa shape index (κ3) is 3.21. The van der Waals surface area contributed by atoms with Crippen LogP contribution in [0.3, 0.4) is 0 Å². The number of alkyl halides is 1. The first-order chi connectivity index (χ1) is 6.07. The van der Waals surface area contributed by atoms with Gasteiger partial charge in [-0.15, -0.1) is 0 Å². The molecule has 13 heavy (non-hydrogen) atoms. The SMILES string of the molecule is CC1(C)CN(CCF)CC(CN)O1. The summed E-state index contributed by atoms with van der Waals surface area (Å²) in [5.41, 5.74) is 5.34. The van der Waals surface area contributed by atoms with Crippen LogP contribution in [-0.2, 0) is 4.74 Å². The van der Waals surface area contributed by atoms with Crippen LogP contribution in [0.15, 0.2) is 0 Å². The summed E-state index contributed by atoms with van der Waals surface area (Å²) in [5, 5.41) is 0. The van der Waals surface area contributed by atoms with Crippen LogP contribution >= 0.6 is 0 Å². The molecular weight excluding hydrogens is 171 g/mol. The van der Waals surface area contributed by atoms with Gasteiger partial charge < -0.3 is 10.5 Å². The van der Waals surface area contributed by atoms with Crippen LogP contribution in [0.5, 0.6) is 0 Å². The number of nitrogens with two attached hydrogens (primary N) is 1. The topological polar surface area (TPSA) is 38.5 Å². The summed E-state index contributed by atoms with van der Waals surface area (Å²) in [7, 11) is 0. The predicted molar refractivity (Wildman–Crippen MR) is 50.4 cm³/mol. The van der Waals surface area contributed by atoms with Crippen LogP contribution < -0.4 is 5.73 Å². The van der Waals surface area contributed by atoms with E-state index in [1.807, 2.05) is 13.8 Å². The number of rotatable bonds is 3. The summed E-state index contributed by atoms with van der Waals surface area (Å²) < 4.78 is 17.9. The minimum atomic E-state index is -0.298. The van der Waals surface area contributed by atoms with E-state index in [0.29, 0.717) is 13.1 Å². The average molecular weight is 190 g/mol. The Labute approximate surface area is 79.0 Å². The molecule has 3 nitrogen and oxygen atoms in total. The third-order valence-electron chi connectivity index (χ3n) is 2.22. The molecule has 1 aliphatic heterocycles. The van der Waals surface area contributed by atoms with Gasteiger partial charge in [0.15, 0.2) is 0 Å². The molecule has 0 saturated carbocycles. The van der Waals surface area contributed by atoms with Gasteiger partial charge in [-0.2, -0.15) is 0 Å². The second-order valence-electron chi connectivity index (χ2n) is 4.16. The molecule has 4 heteroatoms. The monoisotopic (exact) mass is 190 g/mol. The standard InChI is InChI=1S/C9H19FN2O/c1-9(2)7-12(4-3-10)6-8(5-11)13-9/h8H,3-7,11H2,1-2H3. The van der Waals surface area contributed by atoms with Gasteiger partial charge in [0.05, 0.1) is 11.7 Å². The van der Waals surface area contributed by atoms with Crippen LogP contribution in [0, 0.1) is 0 Å². The highest BCUT2D eigenvalue weighted by molar-refractivity contribution is 4.84. The van der Waals surface area contributed by atoms with Crippen LogP contribution in [-0.4, -0.2) is 49.5 Å². The van der Waals surface area contributed by atoms with Crippen molar-refractivity contribution >= 4 is 0 Å². The lowest BCUT2D eigenvalue weighted by Crippen LogP contribution is -2.55. The van der Waals surface area contributed by atoms with Gasteiger partial charge in [0.2, 0.25) is 0 Å². The lowest BCUT2D eigenvalue weighted by Gasteiger charge is -2.42. The van der Waals surface area contributed by atoms with Gasteiger partial charge in [-0.1, -0.05) is 0 Å². The zero-order chi connectivity index (χ0) is 9.90. The first-order valence-corrected chi connectivity index (χ1v) is 4.73. The highest BCUT2D eigenvalue weighted by atomic mass is 19.1. The van der Waals surface area contributed by atoms with E-state index >= 15 is 0 Å². The van der Waals surface area contributed by atoms with Gasteiger partial charge >= 0.3 is 0 Å². The molecule has 1 aliphatic rings. The van der Waals surface area contributed by atoms with Crippen molar-refractivity contribution in [2.24, 2.45) is 5.73 Å². The molecule has 0 radical (unpaired) electrons. The van der Waals surface area contributed by atoms with Gasteiger partial charge in [-0.25, -0.2) is 4.39 Å². The van der Waals surface area contributed by atoms with Gasteiger partial charge in [0.25, 0.3) is 0 Å². The number of halogens is 1. The van der Waals surface area contributed by atoms with Crippen molar-refractivity contribution in [2.45, 2.75) is 25.6 Å². The molecule has 2 N–H and O–H groups in total. The summed E-state index contributed by atoms with van der Waals surface area (Å²) >= 11 is 0. The highest BCUT2D eigenvalue weighted by Gasteiger charge is 2.32. The van der Waals surface area contributed by atoms with Crippen molar-refractivity contribution in [1.82, 2.24) is 4.90 Å². The molecule has 0 aromatic heterocycles. The molecule has 0 bridgehead atoms. The van der Waals surface area contributed by atoms with Crippen LogP contribution in [0.2, 0.25) is 0 Å². The Kier molecular flexibility index (Phi) is 3.64. The predicted octanol–water partition coefficient (Wildman–Crippen LogP) is 0.394. The Morgan fingerprint density at radius 2 is 2.31 bits per heavy atom. The Bertz CT molecular complexity index is 164. The minimum absolute atomic E-state index is 0.0512. The lowest BCUT2D eigenvalue weighted by molar-refractivity contribution is -0.132. The van der Waals surface area contributed by atoms with Gasteiger partial charge in [-0.3, -0.25) is 4.90 Å². The van der Waals surface area contributed by atoms with Crippen molar-refractivity contribution in [3.8, 4) is 0 Å². The van der Waals surface area contributed by atoms with Crippen molar-refractivity contribution in [2.75, 3.05) is 32.9 Å². The summed E-state index contributed by atoms with van der Waals surface area (Å²) in [6.45, 7) is 6.26. The normalized spacial score (nSPS) is 29.1. The fourth-order valence-corrected chi connectivity index (χ4v) is 1.83. The van der Waals surface area contributed by atoms with Gasteiger partial charge in [-0.05, 0) is 13.8 Å². The van der Waals surface area contributed by atoms with Crippen molar-refractivity contribution in [3.63, 3.8) is 0 Å². The zero-order valence-corrected chi connectivity index (χ0v) is 8.42. The van der Waals surface area contributed by atoms with E-state index in [0.717, 1.165) is 13.1 Å². The second-order valence-corrected chi connectivity index (χ2v) is 4.16. The van der Waals surface area contributed by atoms with Gasteiger partial charge in [0.1, 0.15) is 6.67 Å². The van der Waals surface area contributed by atoms with Crippen LogP contribution in [0.4, 0.5) is 4.39 Å². The van der Waals surface area contributed by atoms with Crippen LogP contribution in [0.25, 0.3) is 0 Å². The van der Waals surface area contributed by atoms with Gasteiger partial charge in [0, 0.05) is 26.2 Å². The second kappa shape index (κ2) is 4.35. The maximum atomic E-state index is 12.1. The van der Waals surface area contributed by atoms with E-state index in [4.69, 9.17) is 10.5 Å². The van der Waals surface area contributed by atoms with Crippen molar-refractivity contribution < 1.29 is 9.13 Å². The molecule has 0 spiro atoms. The molecule has 0 amide bonds. The summed E-state index contributed by atoms with van der Waals surface area (Å²) in [6.07, 6.45) is 0.0512. The molecular formula is C9H19FN2O. The first kappa shape index (κ1) is 10.9. The van der Waals surface area contributed by atoms with Crippen molar-refractivity contribution in [1.29, 1.82) is 0 Å². The molecule has 1 heterocycles. The largest absolute Gasteiger partial charge is 0.368 e.